The van der Waals surface area contributed by atoms with Crippen LogP contribution in [0.3, 0.4) is 0 Å². The summed E-state index contributed by atoms with van der Waals surface area (Å²) in [5.41, 5.74) is 0. The number of ether oxygens (including phenoxy) is 4. The van der Waals surface area contributed by atoms with Crippen LogP contribution in [0.1, 0.15) is 0 Å². The minimum absolute atomic E-state index is 0.192. The second kappa shape index (κ2) is 6.83. The Morgan fingerprint density at radius 2 is 2.17 bits per heavy atom. The summed E-state index contributed by atoms with van der Waals surface area (Å²) in [5, 5.41) is 1.70. The van der Waals surface area contributed by atoms with Crippen LogP contribution < -0.4 is 4.72 Å². The average molecular weight is 363 g/mol. The first-order valence-electron chi connectivity index (χ1n) is 6.99. The van der Waals surface area contributed by atoms with Crippen LogP contribution in [0.5, 0.6) is 0 Å². The largest absolute Gasteiger partial charge is 0.467 e. The van der Waals surface area contributed by atoms with E-state index in [9.17, 15) is 13.2 Å². The van der Waals surface area contributed by atoms with E-state index in [1.54, 1.807) is 11.4 Å². The van der Waals surface area contributed by atoms with Crippen LogP contribution in [0, 0.1) is 0 Å². The molecule has 1 aromatic rings. The molecule has 23 heavy (non-hydrogen) atoms. The first-order valence-corrected chi connectivity index (χ1v) is 9.35. The van der Waals surface area contributed by atoms with E-state index in [4.69, 9.17) is 14.2 Å². The Balaban J connectivity index is 1.60. The van der Waals surface area contributed by atoms with E-state index in [1.165, 1.54) is 13.2 Å². The first-order chi connectivity index (χ1) is 11.0. The van der Waals surface area contributed by atoms with Crippen LogP contribution in [0.4, 0.5) is 0 Å². The van der Waals surface area contributed by atoms with Gasteiger partial charge in [-0.2, -0.15) is 0 Å². The van der Waals surface area contributed by atoms with Crippen LogP contribution >= 0.6 is 11.3 Å². The second-order valence-electron chi connectivity index (χ2n) is 5.18. The molecule has 3 rings (SSSR count). The number of fused-ring (bicyclic) bond motifs is 1. The maximum atomic E-state index is 12.3. The van der Waals surface area contributed by atoms with Gasteiger partial charge in [-0.3, -0.25) is 0 Å². The van der Waals surface area contributed by atoms with Gasteiger partial charge < -0.3 is 18.9 Å². The number of rotatable bonds is 6. The lowest BCUT2D eigenvalue weighted by molar-refractivity contribution is -0.150. The van der Waals surface area contributed by atoms with Crippen molar-refractivity contribution < 1.29 is 32.2 Å². The van der Waals surface area contributed by atoms with Crippen LogP contribution in [0.2, 0.25) is 0 Å². The van der Waals surface area contributed by atoms with Crippen LogP contribution in [0.15, 0.2) is 21.7 Å². The Labute approximate surface area is 137 Å². The van der Waals surface area contributed by atoms with Crippen molar-refractivity contribution in [3.05, 3.63) is 17.5 Å². The Bertz CT molecular complexity index is 645. The van der Waals surface area contributed by atoms with Gasteiger partial charge in [0, 0.05) is 0 Å². The Morgan fingerprint density at radius 3 is 2.87 bits per heavy atom. The molecule has 8 nitrogen and oxygen atoms in total. The molecule has 0 saturated carbocycles. The number of methoxy groups -OCH3 is 1. The van der Waals surface area contributed by atoms with Gasteiger partial charge in [-0.1, -0.05) is 6.07 Å². The quantitative estimate of drug-likeness (QED) is 0.696. The van der Waals surface area contributed by atoms with E-state index in [-0.39, 0.29) is 24.0 Å². The van der Waals surface area contributed by atoms with Gasteiger partial charge in [-0.05, 0) is 11.4 Å². The highest BCUT2D eigenvalue weighted by molar-refractivity contribution is 7.91. The number of sulfonamides is 1. The van der Waals surface area contributed by atoms with E-state index in [0.717, 1.165) is 11.3 Å². The molecule has 2 saturated heterocycles. The molecular weight excluding hydrogens is 346 g/mol. The topological polar surface area (TPSA) is 100 Å². The van der Waals surface area contributed by atoms with Gasteiger partial charge >= 0.3 is 5.97 Å². The predicted octanol–water partition coefficient (Wildman–Crippen LogP) is -0.249. The van der Waals surface area contributed by atoms with Gasteiger partial charge in [-0.25, -0.2) is 17.9 Å². The highest BCUT2D eigenvalue weighted by Gasteiger charge is 2.49. The molecule has 0 spiro atoms. The van der Waals surface area contributed by atoms with E-state index < -0.39 is 40.3 Å². The smallest absolute Gasteiger partial charge is 0.331 e. The molecule has 0 unspecified atom stereocenters. The van der Waals surface area contributed by atoms with Crippen molar-refractivity contribution >= 4 is 27.3 Å². The molecular formula is C13H17NO7S2. The molecule has 10 heteroatoms. The zero-order valence-corrected chi connectivity index (χ0v) is 14.0. The predicted molar refractivity (Wildman–Crippen MR) is 79.7 cm³/mol. The van der Waals surface area contributed by atoms with Gasteiger partial charge in [0.25, 0.3) is 0 Å². The van der Waals surface area contributed by atoms with E-state index in [1.807, 2.05) is 0 Å². The van der Waals surface area contributed by atoms with E-state index >= 15 is 0 Å². The van der Waals surface area contributed by atoms with Crippen molar-refractivity contribution in [2.75, 3.05) is 26.9 Å². The van der Waals surface area contributed by atoms with Crippen molar-refractivity contribution in [2.24, 2.45) is 0 Å². The number of hydrogen-bond donors (Lipinski definition) is 1. The number of nitrogens with one attached hydrogen (secondary N) is 1. The van der Waals surface area contributed by atoms with Crippen LogP contribution in [0.25, 0.3) is 0 Å². The van der Waals surface area contributed by atoms with E-state index in [0.29, 0.717) is 0 Å². The lowest BCUT2D eigenvalue weighted by Crippen LogP contribution is -2.44. The highest BCUT2D eigenvalue weighted by atomic mass is 32.2. The molecule has 2 fully saturated rings. The summed E-state index contributed by atoms with van der Waals surface area (Å²) in [6.45, 7) is 0.240. The molecule has 2 aliphatic heterocycles. The molecule has 0 amide bonds. The monoisotopic (exact) mass is 363 g/mol. The first kappa shape index (κ1) is 16.8. The summed E-state index contributed by atoms with van der Waals surface area (Å²) in [4.78, 5) is 11.1. The number of esters is 1. The molecule has 2 aliphatic rings. The summed E-state index contributed by atoms with van der Waals surface area (Å²) in [6, 6.07) is 2.73. The molecule has 0 aliphatic carbocycles. The van der Waals surface area contributed by atoms with Gasteiger partial charge in [0.1, 0.15) is 29.1 Å². The molecule has 3 heterocycles. The van der Waals surface area contributed by atoms with Gasteiger partial charge in [0.15, 0.2) is 0 Å². The van der Waals surface area contributed by atoms with Crippen molar-refractivity contribution in [1.29, 1.82) is 0 Å². The molecule has 4 atom stereocenters. The van der Waals surface area contributed by atoms with Crippen LogP contribution in [-0.4, -0.2) is 65.7 Å². The lowest BCUT2D eigenvalue weighted by Gasteiger charge is -2.17. The summed E-state index contributed by atoms with van der Waals surface area (Å²) >= 11 is 1.14. The standard InChI is InChI=1S/C13H17NO7S2/c1-18-10(15)7-19-9-6-21-12-8(5-20-13(9)12)14-23(16,17)11-3-2-4-22-11/h2-4,8-9,12-14H,5-7H2,1H3/t8-,9+,12+,13+/m0/s1. The minimum atomic E-state index is -3.59. The van der Waals surface area contributed by atoms with Gasteiger partial charge in [0.05, 0.1) is 26.4 Å². The zero-order chi connectivity index (χ0) is 16.4. The third kappa shape index (κ3) is 3.57. The highest BCUT2D eigenvalue weighted by Crippen LogP contribution is 2.30. The fourth-order valence-electron chi connectivity index (χ4n) is 2.62. The third-order valence-corrected chi connectivity index (χ3v) is 6.60. The van der Waals surface area contributed by atoms with E-state index in [2.05, 4.69) is 9.46 Å². The van der Waals surface area contributed by atoms with Gasteiger partial charge in [-0.15, -0.1) is 11.3 Å². The second-order valence-corrected chi connectivity index (χ2v) is 8.07. The number of thiophene rings is 1. The number of carbonyl (C=O) groups is 1. The number of hydrogen-bond acceptors (Lipinski definition) is 8. The van der Waals surface area contributed by atoms with Crippen LogP contribution in [-0.2, 0) is 33.8 Å². The summed E-state index contributed by atoms with van der Waals surface area (Å²) < 4.78 is 48.5. The maximum absolute atomic E-state index is 12.3. The third-order valence-electron chi connectivity index (χ3n) is 3.72. The molecule has 0 bridgehead atoms. The summed E-state index contributed by atoms with van der Waals surface area (Å²) in [6.07, 6.45) is -1.27. The van der Waals surface area contributed by atoms with Crippen molar-refractivity contribution in [3.8, 4) is 0 Å². The van der Waals surface area contributed by atoms with Crippen molar-refractivity contribution in [1.82, 2.24) is 4.72 Å². The minimum Gasteiger partial charge on any atom is -0.467 e. The van der Waals surface area contributed by atoms with Crippen molar-refractivity contribution in [3.63, 3.8) is 0 Å². The summed E-state index contributed by atoms with van der Waals surface area (Å²) in [5.74, 6) is -0.485. The Morgan fingerprint density at radius 1 is 1.39 bits per heavy atom. The Kier molecular flexibility index (Phi) is 4.99. The average Bonchev–Trinajstić information content (AvgIpc) is 3.24. The SMILES string of the molecule is COC(=O)CO[C@@H]1CO[C@H]2[C@@H]1OC[C@@H]2NS(=O)(=O)c1cccs1. The molecule has 1 aromatic heterocycles. The fourth-order valence-corrected chi connectivity index (χ4v) is 4.86. The molecule has 128 valence electrons. The fraction of sp³-hybridized carbons (Fsp3) is 0.615. The molecule has 0 radical (unpaired) electrons. The Hall–Kier alpha value is -1.04. The zero-order valence-electron chi connectivity index (χ0n) is 12.3. The normalized spacial score (nSPS) is 30.3. The molecule has 0 aromatic carbocycles. The molecule has 1 N–H and O–H groups in total. The summed E-state index contributed by atoms with van der Waals surface area (Å²) in [7, 11) is -2.31. The van der Waals surface area contributed by atoms with Crippen molar-refractivity contribution in [2.45, 2.75) is 28.6 Å². The van der Waals surface area contributed by atoms with Gasteiger partial charge in [0.2, 0.25) is 10.0 Å². The lowest BCUT2D eigenvalue weighted by atomic mass is 10.1. The maximum Gasteiger partial charge on any atom is 0.331 e. The number of carbonyl (C=O) groups excluding carboxylic acids is 1.